The van der Waals surface area contributed by atoms with Gasteiger partial charge < -0.3 is 15.8 Å². The molecule has 18 heavy (non-hydrogen) atoms. The van der Waals surface area contributed by atoms with Crippen molar-refractivity contribution >= 4 is 22.4 Å². The molecule has 0 aliphatic carbocycles. The number of nitrogens with one attached hydrogen (secondary N) is 1. The molecule has 1 saturated heterocycles. The van der Waals surface area contributed by atoms with Gasteiger partial charge in [-0.2, -0.15) is 0 Å². The Kier molecular flexibility index (Phi) is 4.45. The van der Waals surface area contributed by atoms with E-state index >= 15 is 0 Å². The molecule has 7 nitrogen and oxygen atoms in total. The zero-order valence-corrected chi connectivity index (χ0v) is 11.1. The van der Waals surface area contributed by atoms with Crippen molar-refractivity contribution in [2.24, 2.45) is 0 Å². The number of amides is 1. The molecule has 0 bridgehead atoms. The Morgan fingerprint density at radius 2 is 2.56 bits per heavy atom. The number of nitrogens with two attached hydrogens (primary N) is 1. The molecule has 8 heteroatoms. The SMILES string of the molecule is CCNC(=O)C1COCCN1Cc1nnsc1N. The molecule has 0 saturated carbocycles. The lowest BCUT2D eigenvalue weighted by Crippen LogP contribution is -2.53. The Morgan fingerprint density at radius 3 is 3.22 bits per heavy atom. The number of aromatic nitrogens is 2. The number of carbonyl (C=O) groups excluding carboxylic acids is 1. The predicted octanol–water partition coefficient (Wildman–Crippen LogP) is -0.543. The van der Waals surface area contributed by atoms with Crippen LogP contribution < -0.4 is 11.1 Å². The van der Waals surface area contributed by atoms with E-state index in [2.05, 4.69) is 14.9 Å². The highest BCUT2D eigenvalue weighted by molar-refractivity contribution is 7.09. The first-order chi connectivity index (χ1) is 8.72. The average molecular weight is 271 g/mol. The number of hydrogen-bond acceptors (Lipinski definition) is 7. The van der Waals surface area contributed by atoms with Crippen LogP contribution in [0.15, 0.2) is 0 Å². The van der Waals surface area contributed by atoms with Gasteiger partial charge in [-0.05, 0) is 6.92 Å². The van der Waals surface area contributed by atoms with Crippen LogP contribution in [0.3, 0.4) is 0 Å². The van der Waals surface area contributed by atoms with Gasteiger partial charge in [0.05, 0.1) is 13.2 Å². The topological polar surface area (TPSA) is 93.4 Å². The van der Waals surface area contributed by atoms with Gasteiger partial charge in [-0.25, -0.2) is 0 Å². The van der Waals surface area contributed by atoms with E-state index in [0.717, 1.165) is 5.69 Å². The summed E-state index contributed by atoms with van der Waals surface area (Å²) in [5, 5.41) is 7.40. The third kappa shape index (κ3) is 2.95. The second kappa shape index (κ2) is 6.07. The molecule has 2 heterocycles. The minimum Gasteiger partial charge on any atom is -0.388 e. The van der Waals surface area contributed by atoms with E-state index in [0.29, 0.717) is 37.8 Å². The molecule has 1 aromatic rings. The van der Waals surface area contributed by atoms with E-state index in [4.69, 9.17) is 10.5 Å². The third-order valence-corrected chi connectivity index (χ3v) is 3.43. The highest BCUT2D eigenvalue weighted by Gasteiger charge is 2.30. The quantitative estimate of drug-likeness (QED) is 0.764. The molecule has 2 rings (SSSR count). The van der Waals surface area contributed by atoms with Crippen LogP contribution in [-0.4, -0.2) is 52.7 Å². The van der Waals surface area contributed by atoms with Crippen molar-refractivity contribution in [1.82, 2.24) is 19.8 Å². The maximum atomic E-state index is 11.9. The standard InChI is InChI=1S/C10H17N5O2S/c1-2-12-10(16)8-6-17-4-3-15(8)5-7-9(11)18-14-13-7/h8H,2-6,11H2,1H3,(H,12,16). The lowest BCUT2D eigenvalue weighted by Gasteiger charge is -2.33. The van der Waals surface area contributed by atoms with Crippen molar-refractivity contribution in [2.45, 2.75) is 19.5 Å². The molecule has 0 aromatic carbocycles. The van der Waals surface area contributed by atoms with Crippen LogP contribution in [0.25, 0.3) is 0 Å². The van der Waals surface area contributed by atoms with Gasteiger partial charge in [0, 0.05) is 31.2 Å². The number of nitrogens with zero attached hydrogens (tertiary/aromatic N) is 3. The van der Waals surface area contributed by atoms with Crippen LogP contribution in [0.4, 0.5) is 5.00 Å². The van der Waals surface area contributed by atoms with Crippen LogP contribution in [0.1, 0.15) is 12.6 Å². The lowest BCUT2D eigenvalue weighted by molar-refractivity contribution is -0.132. The maximum Gasteiger partial charge on any atom is 0.239 e. The fourth-order valence-corrected chi connectivity index (χ4v) is 2.32. The van der Waals surface area contributed by atoms with Crippen molar-refractivity contribution < 1.29 is 9.53 Å². The smallest absolute Gasteiger partial charge is 0.239 e. The molecular formula is C10H17N5O2S. The fourth-order valence-electron chi connectivity index (χ4n) is 1.88. The van der Waals surface area contributed by atoms with Crippen molar-refractivity contribution in [3.8, 4) is 0 Å². The Morgan fingerprint density at radius 1 is 1.72 bits per heavy atom. The number of ether oxygens (including phenoxy) is 1. The van der Waals surface area contributed by atoms with E-state index in [-0.39, 0.29) is 11.9 Å². The van der Waals surface area contributed by atoms with Crippen molar-refractivity contribution in [3.63, 3.8) is 0 Å². The number of anilines is 1. The Bertz CT molecular complexity index is 411. The second-order valence-corrected chi connectivity index (χ2v) is 4.83. The number of carbonyl (C=O) groups is 1. The summed E-state index contributed by atoms with van der Waals surface area (Å²) in [5.74, 6) is -0.0149. The van der Waals surface area contributed by atoms with Gasteiger partial charge in [0.15, 0.2) is 0 Å². The van der Waals surface area contributed by atoms with Crippen molar-refractivity contribution in [1.29, 1.82) is 0 Å². The third-order valence-electron chi connectivity index (χ3n) is 2.83. The summed E-state index contributed by atoms with van der Waals surface area (Å²) in [4.78, 5) is 14.0. The average Bonchev–Trinajstić information content (AvgIpc) is 2.76. The first-order valence-corrected chi connectivity index (χ1v) is 6.66. The van der Waals surface area contributed by atoms with Gasteiger partial charge in [-0.15, -0.1) is 5.10 Å². The van der Waals surface area contributed by atoms with Gasteiger partial charge in [-0.1, -0.05) is 4.49 Å². The van der Waals surface area contributed by atoms with Crippen LogP contribution in [0.2, 0.25) is 0 Å². The Hall–Kier alpha value is -1.25. The van der Waals surface area contributed by atoms with Gasteiger partial charge in [0.1, 0.15) is 16.7 Å². The summed E-state index contributed by atoms with van der Waals surface area (Å²) in [6.07, 6.45) is 0. The normalized spacial score (nSPS) is 20.8. The molecule has 1 atom stereocenters. The minimum atomic E-state index is -0.278. The fraction of sp³-hybridized carbons (Fsp3) is 0.700. The summed E-state index contributed by atoms with van der Waals surface area (Å²) in [6.45, 7) is 4.76. The van der Waals surface area contributed by atoms with Gasteiger partial charge >= 0.3 is 0 Å². The molecule has 0 spiro atoms. The monoisotopic (exact) mass is 271 g/mol. The number of nitrogen functional groups attached to an aromatic ring is 1. The summed E-state index contributed by atoms with van der Waals surface area (Å²) in [5.41, 5.74) is 6.51. The molecule has 100 valence electrons. The molecule has 3 N–H and O–H groups in total. The number of rotatable bonds is 4. The number of likely N-dealkylation sites (N-methyl/N-ethyl adjacent to an activating group) is 1. The van der Waals surface area contributed by atoms with Crippen LogP contribution in [0.5, 0.6) is 0 Å². The summed E-state index contributed by atoms with van der Waals surface area (Å²) in [7, 11) is 0. The number of hydrogen-bond donors (Lipinski definition) is 2. The lowest BCUT2D eigenvalue weighted by atomic mass is 10.2. The van der Waals surface area contributed by atoms with E-state index in [1.165, 1.54) is 11.5 Å². The van der Waals surface area contributed by atoms with E-state index in [1.54, 1.807) is 0 Å². The zero-order valence-electron chi connectivity index (χ0n) is 10.3. The highest BCUT2D eigenvalue weighted by atomic mass is 32.1. The molecule has 1 amide bonds. The molecular weight excluding hydrogens is 254 g/mol. The predicted molar refractivity (Wildman–Crippen MR) is 68.0 cm³/mol. The largest absolute Gasteiger partial charge is 0.388 e. The molecule has 1 unspecified atom stereocenters. The zero-order chi connectivity index (χ0) is 13.0. The molecule has 0 radical (unpaired) electrons. The van der Waals surface area contributed by atoms with Gasteiger partial charge in [0.25, 0.3) is 0 Å². The summed E-state index contributed by atoms with van der Waals surface area (Å²) >= 11 is 1.17. The minimum absolute atomic E-state index is 0.0149. The Balaban J connectivity index is 2.04. The van der Waals surface area contributed by atoms with E-state index in [1.807, 2.05) is 11.8 Å². The summed E-state index contributed by atoms with van der Waals surface area (Å²) < 4.78 is 9.16. The molecule has 1 aliphatic heterocycles. The number of morpholine rings is 1. The van der Waals surface area contributed by atoms with Gasteiger partial charge in [0.2, 0.25) is 5.91 Å². The molecule has 1 fully saturated rings. The van der Waals surface area contributed by atoms with Crippen molar-refractivity contribution in [3.05, 3.63) is 5.69 Å². The van der Waals surface area contributed by atoms with E-state index in [9.17, 15) is 4.79 Å². The van der Waals surface area contributed by atoms with Crippen LogP contribution in [0, 0.1) is 0 Å². The van der Waals surface area contributed by atoms with Crippen molar-refractivity contribution in [2.75, 3.05) is 32.0 Å². The highest BCUT2D eigenvalue weighted by Crippen LogP contribution is 2.17. The molecule has 1 aliphatic rings. The first kappa shape index (κ1) is 13.2. The maximum absolute atomic E-state index is 11.9. The van der Waals surface area contributed by atoms with Crippen LogP contribution in [-0.2, 0) is 16.1 Å². The molecule has 1 aromatic heterocycles. The summed E-state index contributed by atoms with van der Waals surface area (Å²) in [6, 6.07) is -0.278. The van der Waals surface area contributed by atoms with E-state index < -0.39 is 0 Å². The Labute approximate surface area is 109 Å². The van der Waals surface area contributed by atoms with Crippen LogP contribution >= 0.6 is 11.5 Å². The van der Waals surface area contributed by atoms with Gasteiger partial charge in [-0.3, -0.25) is 9.69 Å². The first-order valence-electron chi connectivity index (χ1n) is 5.88. The second-order valence-electron chi connectivity index (χ2n) is 4.04.